The Kier molecular flexibility index (Phi) is 6.58. The summed E-state index contributed by atoms with van der Waals surface area (Å²) >= 11 is 0. The van der Waals surface area contributed by atoms with Crippen LogP contribution in [-0.4, -0.2) is 60.9 Å². The molecule has 0 aromatic heterocycles. The molecule has 2 amide bonds. The van der Waals surface area contributed by atoms with Gasteiger partial charge in [0.15, 0.2) is 0 Å². The molecule has 1 unspecified atom stereocenters. The number of piperidine rings is 2. The number of carbonyl (C=O) groups excluding carboxylic acids is 2. The summed E-state index contributed by atoms with van der Waals surface area (Å²) in [5.41, 5.74) is 0. The maximum Gasteiger partial charge on any atom is 0.242 e. The van der Waals surface area contributed by atoms with Crippen LogP contribution in [0.3, 0.4) is 0 Å². The van der Waals surface area contributed by atoms with Gasteiger partial charge in [0, 0.05) is 32.1 Å². The van der Waals surface area contributed by atoms with E-state index in [1.165, 1.54) is 0 Å². The zero-order chi connectivity index (χ0) is 13.0. The predicted octanol–water partition coefficient (Wildman–Crippen LogP) is 0.631. The van der Waals surface area contributed by atoms with Crippen LogP contribution in [0.5, 0.6) is 0 Å². The zero-order valence-corrected chi connectivity index (χ0v) is 12.4. The van der Waals surface area contributed by atoms with Crippen molar-refractivity contribution in [1.82, 2.24) is 15.1 Å². The Morgan fingerprint density at radius 2 is 2.11 bits per heavy atom. The van der Waals surface area contributed by atoms with E-state index in [2.05, 4.69) is 5.32 Å². The molecule has 0 saturated carbocycles. The van der Waals surface area contributed by atoms with E-state index in [1.54, 1.807) is 4.90 Å². The first-order valence-corrected chi connectivity index (χ1v) is 6.93. The van der Waals surface area contributed by atoms with Gasteiger partial charge in [0.2, 0.25) is 11.8 Å². The molecule has 2 saturated heterocycles. The lowest BCUT2D eigenvalue weighted by molar-refractivity contribution is -0.142. The maximum absolute atomic E-state index is 12.2. The molecule has 0 aromatic carbocycles. The largest absolute Gasteiger partial charge is 0.340 e. The van der Waals surface area contributed by atoms with E-state index in [0.29, 0.717) is 12.5 Å². The van der Waals surface area contributed by atoms with Gasteiger partial charge in [-0.15, -0.1) is 12.4 Å². The van der Waals surface area contributed by atoms with Crippen LogP contribution < -0.4 is 5.32 Å². The van der Waals surface area contributed by atoms with Crippen molar-refractivity contribution < 1.29 is 9.59 Å². The van der Waals surface area contributed by atoms with Crippen LogP contribution in [0, 0.1) is 0 Å². The SMILES string of the molecule is CNC1CCCN(C(=O)CN2CCCCC2=O)C1.Cl. The van der Waals surface area contributed by atoms with Crippen molar-refractivity contribution in [3.8, 4) is 0 Å². The van der Waals surface area contributed by atoms with Gasteiger partial charge in [-0.25, -0.2) is 0 Å². The minimum atomic E-state index is 0. The number of rotatable bonds is 3. The second-order valence-electron chi connectivity index (χ2n) is 5.24. The smallest absolute Gasteiger partial charge is 0.242 e. The van der Waals surface area contributed by atoms with Crippen molar-refractivity contribution >= 4 is 24.2 Å². The molecule has 0 aromatic rings. The van der Waals surface area contributed by atoms with Gasteiger partial charge < -0.3 is 15.1 Å². The Balaban J connectivity index is 0.00000180. The molecule has 110 valence electrons. The summed E-state index contributed by atoms with van der Waals surface area (Å²) in [5, 5.41) is 3.23. The molecule has 2 aliphatic heterocycles. The summed E-state index contributed by atoms with van der Waals surface area (Å²) in [6.07, 6.45) is 4.77. The summed E-state index contributed by atoms with van der Waals surface area (Å²) in [4.78, 5) is 27.5. The molecule has 2 aliphatic rings. The Bertz CT molecular complexity index is 325. The lowest BCUT2D eigenvalue weighted by Gasteiger charge is -2.35. The van der Waals surface area contributed by atoms with Crippen LogP contribution in [0.1, 0.15) is 32.1 Å². The van der Waals surface area contributed by atoms with Crippen molar-refractivity contribution in [2.45, 2.75) is 38.1 Å². The highest BCUT2D eigenvalue weighted by Crippen LogP contribution is 2.13. The van der Waals surface area contributed by atoms with E-state index in [4.69, 9.17) is 0 Å². The van der Waals surface area contributed by atoms with Crippen molar-refractivity contribution in [3.05, 3.63) is 0 Å². The van der Waals surface area contributed by atoms with Gasteiger partial charge in [0.25, 0.3) is 0 Å². The predicted molar refractivity (Wildman–Crippen MR) is 76.3 cm³/mol. The Labute approximate surface area is 121 Å². The summed E-state index contributed by atoms with van der Waals surface area (Å²) < 4.78 is 0. The number of nitrogens with one attached hydrogen (secondary N) is 1. The lowest BCUT2D eigenvalue weighted by Crippen LogP contribution is -2.51. The fourth-order valence-electron chi connectivity index (χ4n) is 2.73. The van der Waals surface area contributed by atoms with Crippen LogP contribution in [0.2, 0.25) is 0 Å². The fraction of sp³-hybridized carbons (Fsp3) is 0.846. The van der Waals surface area contributed by atoms with Gasteiger partial charge in [-0.05, 0) is 32.7 Å². The fourth-order valence-corrected chi connectivity index (χ4v) is 2.73. The van der Waals surface area contributed by atoms with Crippen molar-refractivity contribution in [3.63, 3.8) is 0 Å². The Morgan fingerprint density at radius 1 is 1.32 bits per heavy atom. The first-order valence-electron chi connectivity index (χ1n) is 6.93. The van der Waals surface area contributed by atoms with Crippen LogP contribution in [0.25, 0.3) is 0 Å². The number of carbonyl (C=O) groups is 2. The van der Waals surface area contributed by atoms with E-state index >= 15 is 0 Å². The van der Waals surface area contributed by atoms with E-state index in [9.17, 15) is 9.59 Å². The van der Waals surface area contributed by atoms with E-state index in [1.807, 2.05) is 11.9 Å². The van der Waals surface area contributed by atoms with Gasteiger partial charge in [-0.3, -0.25) is 9.59 Å². The number of likely N-dealkylation sites (tertiary alicyclic amines) is 2. The van der Waals surface area contributed by atoms with Crippen molar-refractivity contribution in [1.29, 1.82) is 0 Å². The first-order chi connectivity index (χ1) is 8.70. The van der Waals surface area contributed by atoms with Gasteiger partial charge >= 0.3 is 0 Å². The van der Waals surface area contributed by atoms with Crippen molar-refractivity contribution in [2.24, 2.45) is 0 Å². The average Bonchev–Trinajstić information content (AvgIpc) is 2.41. The Hall–Kier alpha value is -0.810. The van der Waals surface area contributed by atoms with E-state index < -0.39 is 0 Å². The molecule has 0 aliphatic carbocycles. The molecule has 0 bridgehead atoms. The molecule has 0 radical (unpaired) electrons. The molecule has 0 spiro atoms. The molecule has 19 heavy (non-hydrogen) atoms. The molecule has 2 fully saturated rings. The standard InChI is InChI=1S/C13H23N3O2.ClH/c1-14-11-5-4-8-15(9-11)13(18)10-16-7-3-2-6-12(16)17;/h11,14H,2-10H2,1H3;1H. The molecule has 2 heterocycles. The number of likely N-dealkylation sites (N-methyl/N-ethyl adjacent to an activating group) is 1. The highest BCUT2D eigenvalue weighted by Gasteiger charge is 2.26. The summed E-state index contributed by atoms with van der Waals surface area (Å²) in [6, 6.07) is 0.403. The topological polar surface area (TPSA) is 52.7 Å². The van der Waals surface area contributed by atoms with Gasteiger partial charge in [-0.1, -0.05) is 0 Å². The molecular weight excluding hydrogens is 266 g/mol. The first kappa shape index (κ1) is 16.2. The van der Waals surface area contributed by atoms with Crippen LogP contribution in [-0.2, 0) is 9.59 Å². The number of halogens is 1. The number of hydrogen-bond donors (Lipinski definition) is 1. The summed E-state index contributed by atoms with van der Waals surface area (Å²) in [7, 11) is 1.94. The summed E-state index contributed by atoms with van der Waals surface area (Å²) in [6.45, 7) is 2.62. The molecule has 1 N–H and O–H groups in total. The third-order valence-corrected chi connectivity index (χ3v) is 3.93. The molecule has 5 nitrogen and oxygen atoms in total. The number of nitrogens with zero attached hydrogens (tertiary/aromatic N) is 2. The van der Waals surface area contributed by atoms with Crippen LogP contribution in [0.4, 0.5) is 0 Å². The highest BCUT2D eigenvalue weighted by atomic mass is 35.5. The second-order valence-corrected chi connectivity index (χ2v) is 5.24. The third-order valence-electron chi connectivity index (χ3n) is 3.93. The minimum absolute atomic E-state index is 0. The molecule has 6 heteroatoms. The van der Waals surface area contributed by atoms with Gasteiger partial charge in [0.05, 0.1) is 6.54 Å². The lowest BCUT2D eigenvalue weighted by atomic mass is 10.1. The summed E-state index contributed by atoms with van der Waals surface area (Å²) in [5.74, 6) is 0.238. The maximum atomic E-state index is 12.2. The second kappa shape index (κ2) is 7.70. The average molecular weight is 290 g/mol. The van der Waals surface area contributed by atoms with E-state index in [0.717, 1.165) is 45.3 Å². The quantitative estimate of drug-likeness (QED) is 0.829. The molecule has 2 rings (SSSR count). The number of hydrogen-bond acceptors (Lipinski definition) is 3. The zero-order valence-electron chi connectivity index (χ0n) is 11.6. The minimum Gasteiger partial charge on any atom is -0.340 e. The molecule has 1 atom stereocenters. The van der Waals surface area contributed by atoms with Gasteiger partial charge in [-0.2, -0.15) is 0 Å². The van der Waals surface area contributed by atoms with Crippen LogP contribution in [0.15, 0.2) is 0 Å². The molecular formula is C13H24ClN3O2. The number of amides is 2. The third kappa shape index (κ3) is 4.35. The monoisotopic (exact) mass is 289 g/mol. The highest BCUT2D eigenvalue weighted by molar-refractivity contribution is 5.85. The van der Waals surface area contributed by atoms with Crippen LogP contribution >= 0.6 is 12.4 Å². The van der Waals surface area contributed by atoms with Gasteiger partial charge in [0.1, 0.15) is 0 Å². The van der Waals surface area contributed by atoms with Crippen molar-refractivity contribution in [2.75, 3.05) is 33.2 Å². The Morgan fingerprint density at radius 3 is 2.79 bits per heavy atom. The van der Waals surface area contributed by atoms with E-state index in [-0.39, 0.29) is 30.8 Å². The normalized spacial score (nSPS) is 24.1.